The summed E-state index contributed by atoms with van der Waals surface area (Å²) in [5.74, 6) is -1.98. The molecule has 1 amide bonds. The van der Waals surface area contributed by atoms with E-state index < -0.39 is 23.3 Å². The Morgan fingerprint density at radius 1 is 1.26 bits per heavy atom. The molecule has 8 nitrogen and oxygen atoms in total. The average Bonchev–Trinajstić information content (AvgIpc) is 2.99. The van der Waals surface area contributed by atoms with Gasteiger partial charge >= 0.3 is 5.97 Å². The maximum absolute atomic E-state index is 12.8. The van der Waals surface area contributed by atoms with Gasteiger partial charge in [-0.05, 0) is 31.3 Å². The van der Waals surface area contributed by atoms with Crippen LogP contribution in [0.5, 0.6) is 0 Å². The van der Waals surface area contributed by atoms with Gasteiger partial charge in [-0.15, -0.1) is 0 Å². The van der Waals surface area contributed by atoms with Crippen molar-refractivity contribution in [1.82, 2.24) is 4.90 Å². The number of primary amides is 1. The quantitative estimate of drug-likeness (QED) is 0.357. The molecule has 2 unspecified atom stereocenters. The van der Waals surface area contributed by atoms with E-state index in [1.165, 1.54) is 19.3 Å². The number of hydrogen-bond donors (Lipinski definition) is 3. The van der Waals surface area contributed by atoms with Crippen molar-refractivity contribution >= 4 is 17.7 Å². The third-order valence-corrected chi connectivity index (χ3v) is 6.61. The fourth-order valence-corrected chi connectivity index (χ4v) is 4.98. The van der Waals surface area contributed by atoms with Crippen LogP contribution in [-0.4, -0.2) is 51.0 Å². The van der Waals surface area contributed by atoms with Gasteiger partial charge in [-0.1, -0.05) is 39.0 Å². The number of carbonyl (C=O) groups is 3. The number of aliphatic hydroxyl groups is 1. The van der Waals surface area contributed by atoms with E-state index in [1.54, 1.807) is 25.3 Å². The van der Waals surface area contributed by atoms with E-state index in [1.807, 2.05) is 4.90 Å². The Balaban J connectivity index is 1.90. The number of fused-ring (bicyclic) bond motifs is 1. The van der Waals surface area contributed by atoms with E-state index in [0.717, 1.165) is 19.3 Å². The normalized spacial score (nSPS) is 25.9. The molecule has 0 spiro atoms. The van der Waals surface area contributed by atoms with Gasteiger partial charge in [0, 0.05) is 18.7 Å². The third-order valence-electron chi connectivity index (χ3n) is 6.61. The van der Waals surface area contributed by atoms with Gasteiger partial charge in [0.15, 0.2) is 0 Å². The molecule has 0 radical (unpaired) electrons. The standard InChI is InChI=1S/C23H32N2O6/c1-2-23(30)18(13-15-7-4-3-5-8-15)25-11-10-16(31-12-6-9-19(26)27)14-17(25)20(23)21(28)22(24)29/h10-11,14-15,18,30H,2-9,12-13H2,1H3,(H2,24,29)(H,26,27). The lowest BCUT2D eigenvalue weighted by Crippen LogP contribution is -2.49. The molecule has 1 aliphatic carbocycles. The van der Waals surface area contributed by atoms with E-state index in [0.29, 0.717) is 23.8 Å². The van der Waals surface area contributed by atoms with Crippen LogP contribution in [0.2, 0.25) is 0 Å². The average molecular weight is 433 g/mol. The Hall–Kier alpha value is -2.61. The number of aliphatic carboxylic acids is 1. The van der Waals surface area contributed by atoms with Gasteiger partial charge in [-0.2, -0.15) is 0 Å². The Bertz CT molecular complexity index is 824. The summed E-state index contributed by atoms with van der Waals surface area (Å²) in [6.45, 7) is 2.01. The molecule has 170 valence electrons. The lowest BCUT2D eigenvalue weighted by atomic mass is 9.76. The third kappa shape index (κ3) is 4.84. The first kappa shape index (κ1) is 23.1. The van der Waals surface area contributed by atoms with Gasteiger partial charge in [0.25, 0.3) is 11.7 Å². The SMILES string of the molecule is CCC1(O)C(C(=O)C(N)=O)=C2C=C(OCCCC(=O)O)C=CN2C1CC1CCCCC1. The molecule has 0 aromatic rings. The number of rotatable bonds is 10. The highest BCUT2D eigenvalue weighted by Crippen LogP contribution is 2.46. The van der Waals surface area contributed by atoms with Gasteiger partial charge in [0.2, 0.25) is 0 Å². The highest BCUT2D eigenvalue weighted by Gasteiger charge is 2.53. The maximum Gasteiger partial charge on any atom is 0.303 e. The van der Waals surface area contributed by atoms with E-state index >= 15 is 0 Å². The predicted molar refractivity (Wildman–Crippen MR) is 113 cm³/mol. The van der Waals surface area contributed by atoms with Gasteiger partial charge in [0.1, 0.15) is 11.4 Å². The van der Waals surface area contributed by atoms with Gasteiger partial charge in [0.05, 0.1) is 23.9 Å². The molecule has 1 fully saturated rings. The van der Waals surface area contributed by atoms with E-state index in [-0.39, 0.29) is 31.1 Å². The number of allylic oxidation sites excluding steroid dienone is 2. The summed E-state index contributed by atoms with van der Waals surface area (Å²) in [7, 11) is 0. The van der Waals surface area contributed by atoms with Crippen molar-refractivity contribution in [3.8, 4) is 0 Å². The summed E-state index contributed by atoms with van der Waals surface area (Å²) in [5.41, 5.74) is 4.30. The first-order valence-electron chi connectivity index (χ1n) is 11.1. The summed E-state index contributed by atoms with van der Waals surface area (Å²) >= 11 is 0. The monoisotopic (exact) mass is 432 g/mol. The number of carboxylic acids is 1. The van der Waals surface area contributed by atoms with Crippen molar-refractivity contribution < 1.29 is 29.3 Å². The number of ketones is 1. The van der Waals surface area contributed by atoms with Gasteiger partial charge < -0.3 is 25.6 Å². The molecule has 2 atom stereocenters. The van der Waals surface area contributed by atoms with Crippen molar-refractivity contribution in [3.05, 3.63) is 35.4 Å². The zero-order valence-corrected chi connectivity index (χ0v) is 18.0. The minimum absolute atomic E-state index is 0.00370. The molecule has 0 aromatic carbocycles. The number of amides is 1. The van der Waals surface area contributed by atoms with E-state index in [2.05, 4.69) is 0 Å². The molecule has 0 aromatic heterocycles. The van der Waals surface area contributed by atoms with Gasteiger partial charge in [-0.3, -0.25) is 14.4 Å². The fourth-order valence-electron chi connectivity index (χ4n) is 4.98. The highest BCUT2D eigenvalue weighted by molar-refractivity contribution is 6.43. The van der Waals surface area contributed by atoms with Crippen molar-refractivity contribution in [2.75, 3.05) is 6.61 Å². The van der Waals surface area contributed by atoms with Crippen LogP contribution in [0.4, 0.5) is 0 Å². The van der Waals surface area contributed by atoms with E-state index in [4.69, 9.17) is 15.6 Å². The summed E-state index contributed by atoms with van der Waals surface area (Å²) in [6, 6.07) is -0.366. The zero-order chi connectivity index (χ0) is 22.6. The number of hydrogen-bond acceptors (Lipinski definition) is 6. The van der Waals surface area contributed by atoms with Crippen molar-refractivity contribution in [1.29, 1.82) is 0 Å². The number of Topliss-reactive ketones (excluding diaryl/α,β-unsaturated/α-hetero) is 1. The lowest BCUT2D eigenvalue weighted by molar-refractivity contribution is -0.137. The molecule has 31 heavy (non-hydrogen) atoms. The molecule has 4 N–H and O–H groups in total. The smallest absolute Gasteiger partial charge is 0.303 e. The summed E-state index contributed by atoms with van der Waals surface area (Å²) in [5, 5.41) is 20.4. The molecule has 0 bridgehead atoms. The summed E-state index contributed by atoms with van der Waals surface area (Å²) in [4.78, 5) is 37.1. The second-order valence-corrected chi connectivity index (χ2v) is 8.60. The predicted octanol–water partition coefficient (Wildman–Crippen LogP) is 2.38. The van der Waals surface area contributed by atoms with Crippen molar-refractivity contribution in [2.45, 2.75) is 76.4 Å². The van der Waals surface area contributed by atoms with Crippen molar-refractivity contribution in [3.63, 3.8) is 0 Å². The second kappa shape index (κ2) is 9.68. The maximum atomic E-state index is 12.8. The van der Waals surface area contributed by atoms with Crippen LogP contribution in [0, 0.1) is 5.92 Å². The number of carboxylic acid groups (broad SMARTS) is 1. The highest BCUT2D eigenvalue weighted by atomic mass is 16.5. The molecule has 3 rings (SSSR count). The van der Waals surface area contributed by atoms with Crippen LogP contribution in [0.25, 0.3) is 0 Å². The molecule has 3 aliphatic rings. The molecular formula is C23H32N2O6. The molecule has 0 saturated heterocycles. The van der Waals surface area contributed by atoms with E-state index in [9.17, 15) is 19.5 Å². The Kier molecular flexibility index (Phi) is 7.20. The Labute approximate surface area is 182 Å². The van der Waals surface area contributed by atoms with Crippen LogP contribution in [0.3, 0.4) is 0 Å². The fraction of sp³-hybridized carbons (Fsp3) is 0.609. The molecule has 2 aliphatic heterocycles. The molecule has 8 heteroatoms. The molecular weight excluding hydrogens is 400 g/mol. The van der Waals surface area contributed by atoms with Crippen LogP contribution in [0.15, 0.2) is 35.4 Å². The van der Waals surface area contributed by atoms with Crippen LogP contribution >= 0.6 is 0 Å². The minimum atomic E-state index is -1.49. The number of carbonyl (C=O) groups excluding carboxylic acids is 2. The first-order valence-corrected chi connectivity index (χ1v) is 11.1. The lowest BCUT2D eigenvalue weighted by Gasteiger charge is -2.38. The summed E-state index contributed by atoms with van der Waals surface area (Å²) in [6.07, 6.45) is 12.2. The number of ether oxygens (including phenoxy) is 1. The van der Waals surface area contributed by atoms with Crippen molar-refractivity contribution in [2.24, 2.45) is 11.7 Å². The largest absolute Gasteiger partial charge is 0.493 e. The van der Waals surface area contributed by atoms with Gasteiger partial charge in [-0.25, -0.2) is 0 Å². The topological polar surface area (TPSA) is 130 Å². The Morgan fingerprint density at radius 2 is 1.97 bits per heavy atom. The molecule has 1 saturated carbocycles. The second-order valence-electron chi connectivity index (χ2n) is 8.60. The molecule has 2 heterocycles. The number of nitrogens with two attached hydrogens (primary N) is 1. The number of nitrogens with zero attached hydrogens (tertiary/aromatic N) is 1. The minimum Gasteiger partial charge on any atom is -0.493 e. The van der Waals surface area contributed by atoms with Crippen LogP contribution in [0.1, 0.15) is 64.7 Å². The van der Waals surface area contributed by atoms with Crippen LogP contribution in [-0.2, 0) is 19.1 Å². The zero-order valence-electron chi connectivity index (χ0n) is 18.0. The summed E-state index contributed by atoms with van der Waals surface area (Å²) < 4.78 is 5.66. The Morgan fingerprint density at radius 3 is 2.58 bits per heavy atom. The van der Waals surface area contributed by atoms with Crippen LogP contribution < -0.4 is 5.73 Å². The first-order chi connectivity index (χ1) is 14.8.